The van der Waals surface area contributed by atoms with Crippen LogP contribution in [-0.2, 0) is 9.53 Å². The van der Waals surface area contributed by atoms with Crippen molar-refractivity contribution < 1.29 is 18.7 Å². The van der Waals surface area contributed by atoms with Gasteiger partial charge in [-0.1, -0.05) is 31.5 Å². The molecule has 2 rings (SSSR count). The second-order valence-electron chi connectivity index (χ2n) is 6.19. The fraction of sp³-hybridized carbons (Fsp3) is 0.529. The number of benzene rings is 1. The minimum Gasteiger partial charge on any atom is -0.465 e. The molecule has 6 heteroatoms. The Balaban J connectivity index is 1.92. The van der Waals surface area contributed by atoms with Crippen LogP contribution in [0.15, 0.2) is 18.2 Å². The minimum absolute atomic E-state index is 0.0293. The molecule has 23 heavy (non-hydrogen) atoms. The summed E-state index contributed by atoms with van der Waals surface area (Å²) in [4.78, 5) is 25.9. The maximum Gasteiger partial charge on any atom is 0.309 e. The summed E-state index contributed by atoms with van der Waals surface area (Å²) in [5, 5.41) is -0.0667. The first kappa shape index (κ1) is 17.7. The van der Waals surface area contributed by atoms with Gasteiger partial charge < -0.3 is 9.64 Å². The van der Waals surface area contributed by atoms with Crippen molar-refractivity contribution in [2.45, 2.75) is 26.7 Å². The highest BCUT2D eigenvalue weighted by atomic mass is 35.5. The summed E-state index contributed by atoms with van der Waals surface area (Å²) < 4.78 is 19.2. The molecule has 1 aliphatic rings. The fourth-order valence-electron chi connectivity index (χ4n) is 2.52. The molecule has 1 fully saturated rings. The number of rotatable bonds is 4. The second-order valence-corrected chi connectivity index (χ2v) is 6.60. The van der Waals surface area contributed by atoms with Crippen LogP contribution in [0.3, 0.4) is 0 Å². The van der Waals surface area contributed by atoms with Crippen molar-refractivity contribution in [3.8, 4) is 0 Å². The van der Waals surface area contributed by atoms with E-state index in [1.807, 2.05) is 13.8 Å². The third-order valence-corrected chi connectivity index (χ3v) is 4.15. The maximum atomic E-state index is 13.9. The Morgan fingerprint density at radius 3 is 2.61 bits per heavy atom. The Morgan fingerprint density at radius 2 is 2.00 bits per heavy atom. The van der Waals surface area contributed by atoms with E-state index < -0.39 is 5.82 Å². The lowest BCUT2D eigenvalue weighted by atomic mass is 9.96. The lowest BCUT2D eigenvalue weighted by Gasteiger charge is -2.31. The van der Waals surface area contributed by atoms with Crippen LogP contribution >= 0.6 is 11.6 Å². The highest BCUT2D eigenvalue weighted by Crippen LogP contribution is 2.23. The van der Waals surface area contributed by atoms with E-state index >= 15 is 0 Å². The zero-order chi connectivity index (χ0) is 17.0. The average Bonchev–Trinajstić information content (AvgIpc) is 2.54. The van der Waals surface area contributed by atoms with E-state index in [9.17, 15) is 14.0 Å². The van der Waals surface area contributed by atoms with E-state index in [1.165, 1.54) is 12.1 Å². The summed E-state index contributed by atoms with van der Waals surface area (Å²) >= 11 is 5.71. The molecular formula is C17H21ClFNO3. The van der Waals surface area contributed by atoms with Gasteiger partial charge in [0.05, 0.1) is 23.1 Å². The molecule has 126 valence electrons. The van der Waals surface area contributed by atoms with E-state index in [1.54, 1.807) is 11.0 Å². The molecule has 1 saturated heterocycles. The zero-order valence-electron chi connectivity index (χ0n) is 13.4. The molecule has 4 nitrogen and oxygen atoms in total. The monoisotopic (exact) mass is 341 g/mol. The SMILES string of the molecule is CC(C)COC(=O)C1CCN(C(=O)c2cccc(Cl)c2F)CC1. The molecule has 1 aromatic carbocycles. The number of piperidine rings is 1. The number of carbonyl (C=O) groups excluding carboxylic acids is 2. The van der Waals surface area contributed by atoms with E-state index in [0.29, 0.717) is 38.5 Å². The average molecular weight is 342 g/mol. The van der Waals surface area contributed by atoms with Crippen LogP contribution in [0.5, 0.6) is 0 Å². The van der Waals surface area contributed by atoms with Gasteiger partial charge in [0.15, 0.2) is 5.82 Å². The van der Waals surface area contributed by atoms with Crippen molar-refractivity contribution in [3.05, 3.63) is 34.6 Å². The molecule has 0 radical (unpaired) electrons. The molecule has 1 aliphatic heterocycles. The third kappa shape index (κ3) is 4.44. The van der Waals surface area contributed by atoms with E-state index in [-0.39, 0.29) is 28.4 Å². The summed E-state index contributed by atoms with van der Waals surface area (Å²) in [6, 6.07) is 4.38. The number of nitrogens with zero attached hydrogens (tertiary/aromatic N) is 1. The summed E-state index contributed by atoms with van der Waals surface area (Å²) in [5.41, 5.74) is -0.0293. The number of halogens is 2. The van der Waals surface area contributed by atoms with Crippen molar-refractivity contribution in [1.29, 1.82) is 0 Å². The number of hydrogen-bond acceptors (Lipinski definition) is 3. The lowest BCUT2D eigenvalue weighted by molar-refractivity contribution is -0.151. The smallest absolute Gasteiger partial charge is 0.309 e. The Hall–Kier alpha value is -1.62. The van der Waals surface area contributed by atoms with Crippen LogP contribution < -0.4 is 0 Å². The number of carbonyl (C=O) groups is 2. The van der Waals surface area contributed by atoms with Crippen molar-refractivity contribution in [3.63, 3.8) is 0 Å². The molecule has 0 N–H and O–H groups in total. The number of likely N-dealkylation sites (tertiary alicyclic amines) is 1. The molecule has 1 amide bonds. The summed E-state index contributed by atoms with van der Waals surface area (Å²) in [6.07, 6.45) is 1.07. The van der Waals surface area contributed by atoms with Crippen LogP contribution in [-0.4, -0.2) is 36.5 Å². The fourth-order valence-corrected chi connectivity index (χ4v) is 2.70. The first-order valence-corrected chi connectivity index (χ1v) is 8.18. The summed E-state index contributed by atoms with van der Waals surface area (Å²) in [6.45, 7) is 5.19. The quantitative estimate of drug-likeness (QED) is 0.787. The Labute approximate surface area is 140 Å². The topological polar surface area (TPSA) is 46.6 Å². The van der Waals surface area contributed by atoms with E-state index in [4.69, 9.17) is 16.3 Å². The van der Waals surface area contributed by atoms with Crippen LogP contribution in [0.1, 0.15) is 37.0 Å². The van der Waals surface area contributed by atoms with Gasteiger partial charge in [-0.25, -0.2) is 4.39 Å². The van der Waals surface area contributed by atoms with Gasteiger partial charge in [0.2, 0.25) is 0 Å². The molecule has 0 saturated carbocycles. The van der Waals surface area contributed by atoms with Crippen LogP contribution in [0.4, 0.5) is 4.39 Å². The van der Waals surface area contributed by atoms with Crippen molar-refractivity contribution >= 4 is 23.5 Å². The van der Waals surface area contributed by atoms with Gasteiger partial charge >= 0.3 is 5.97 Å². The predicted molar refractivity (Wildman–Crippen MR) is 85.8 cm³/mol. The molecule has 0 bridgehead atoms. The standard InChI is InChI=1S/C17H21ClFNO3/c1-11(2)10-23-17(22)12-6-8-20(9-7-12)16(21)13-4-3-5-14(18)15(13)19/h3-5,11-12H,6-10H2,1-2H3. The van der Waals surface area contributed by atoms with Gasteiger partial charge in [0, 0.05) is 13.1 Å². The molecule has 1 aromatic rings. The molecule has 1 heterocycles. The molecule has 0 aromatic heterocycles. The molecule has 0 unspecified atom stereocenters. The third-order valence-electron chi connectivity index (χ3n) is 3.86. The Morgan fingerprint density at radius 1 is 1.35 bits per heavy atom. The van der Waals surface area contributed by atoms with Crippen LogP contribution in [0.25, 0.3) is 0 Å². The van der Waals surface area contributed by atoms with Crippen molar-refractivity contribution in [1.82, 2.24) is 4.90 Å². The zero-order valence-corrected chi connectivity index (χ0v) is 14.1. The van der Waals surface area contributed by atoms with Crippen molar-refractivity contribution in [2.75, 3.05) is 19.7 Å². The number of ether oxygens (including phenoxy) is 1. The second kappa shape index (κ2) is 7.77. The van der Waals surface area contributed by atoms with E-state index in [2.05, 4.69) is 0 Å². The van der Waals surface area contributed by atoms with Gasteiger partial charge in [0.1, 0.15) is 0 Å². The van der Waals surface area contributed by atoms with Gasteiger partial charge in [-0.15, -0.1) is 0 Å². The molecule has 0 aliphatic carbocycles. The Bertz CT molecular complexity index is 583. The largest absolute Gasteiger partial charge is 0.465 e. The summed E-state index contributed by atoms with van der Waals surface area (Å²) in [7, 11) is 0. The number of hydrogen-bond donors (Lipinski definition) is 0. The van der Waals surface area contributed by atoms with Gasteiger partial charge in [-0.2, -0.15) is 0 Å². The van der Waals surface area contributed by atoms with Gasteiger partial charge in [-0.05, 0) is 30.9 Å². The Kier molecular flexibility index (Phi) is 5.99. The minimum atomic E-state index is -0.697. The normalized spacial score (nSPS) is 15.8. The molecule has 0 spiro atoms. The molecular weight excluding hydrogens is 321 g/mol. The maximum absolute atomic E-state index is 13.9. The predicted octanol–water partition coefficient (Wildman–Crippen LogP) is 3.53. The summed E-state index contributed by atoms with van der Waals surface area (Å²) in [5.74, 6) is -1.19. The number of esters is 1. The van der Waals surface area contributed by atoms with Gasteiger partial charge in [-0.3, -0.25) is 9.59 Å². The number of amides is 1. The molecule has 0 atom stereocenters. The van der Waals surface area contributed by atoms with Crippen molar-refractivity contribution in [2.24, 2.45) is 11.8 Å². The first-order valence-electron chi connectivity index (χ1n) is 7.80. The lowest BCUT2D eigenvalue weighted by Crippen LogP contribution is -2.41. The highest BCUT2D eigenvalue weighted by molar-refractivity contribution is 6.31. The van der Waals surface area contributed by atoms with Crippen LogP contribution in [0, 0.1) is 17.7 Å². The van der Waals surface area contributed by atoms with E-state index in [0.717, 1.165) is 0 Å². The highest BCUT2D eigenvalue weighted by Gasteiger charge is 2.30. The first-order chi connectivity index (χ1) is 10.9. The van der Waals surface area contributed by atoms with Crippen LogP contribution in [0.2, 0.25) is 5.02 Å². The van der Waals surface area contributed by atoms with Gasteiger partial charge in [0.25, 0.3) is 5.91 Å².